The standard InChI is InChI=1S/C29H33N3O5S/c1-7-31(8-2)21-13-10-19(11-14-21)16-24-27(33)32-26(20-12-15-22(35-5)23(17-20)36-6)25(28(34)37-9-3)18(4)30-29(32)38-24/h10-17,26H,7-9H2,1-6H3/b24-16+/t26-/m1/s1. The highest BCUT2D eigenvalue weighted by atomic mass is 32.1. The fourth-order valence-electron chi connectivity index (χ4n) is 4.65. The summed E-state index contributed by atoms with van der Waals surface area (Å²) < 4.78 is 18.4. The van der Waals surface area contributed by atoms with E-state index in [2.05, 4.69) is 35.9 Å². The maximum atomic E-state index is 13.8. The van der Waals surface area contributed by atoms with E-state index in [0.29, 0.717) is 37.7 Å². The van der Waals surface area contributed by atoms with Crippen LogP contribution in [0.3, 0.4) is 0 Å². The van der Waals surface area contributed by atoms with Crippen molar-refractivity contribution < 1.29 is 19.0 Å². The monoisotopic (exact) mass is 535 g/mol. The van der Waals surface area contributed by atoms with Crippen LogP contribution in [-0.4, -0.2) is 44.5 Å². The van der Waals surface area contributed by atoms with Gasteiger partial charge in [-0.05, 0) is 69.2 Å². The van der Waals surface area contributed by atoms with Crippen LogP contribution < -0.4 is 29.3 Å². The second kappa shape index (κ2) is 11.7. The zero-order valence-corrected chi connectivity index (χ0v) is 23.4. The Labute approximate surface area is 226 Å². The lowest BCUT2D eigenvalue weighted by molar-refractivity contribution is -0.139. The van der Waals surface area contributed by atoms with Crippen molar-refractivity contribution in [1.82, 2.24) is 4.57 Å². The van der Waals surface area contributed by atoms with Gasteiger partial charge in [0.05, 0.1) is 42.7 Å². The summed E-state index contributed by atoms with van der Waals surface area (Å²) in [6.45, 7) is 9.82. The van der Waals surface area contributed by atoms with E-state index in [1.165, 1.54) is 11.3 Å². The van der Waals surface area contributed by atoms with Gasteiger partial charge >= 0.3 is 5.97 Å². The first kappa shape index (κ1) is 27.2. The van der Waals surface area contributed by atoms with E-state index in [1.54, 1.807) is 44.8 Å². The number of carbonyl (C=O) groups excluding carboxylic acids is 1. The number of methoxy groups -OCH3 is 2. The van der Waals surface area contributed by atoms with E-state index < -0.39 is 12.0 Å². The number of allylic oxidation sites excluding steroid dienone is 1. The van der Waals surface area contributed by atoms with Gasteiger partial charge in [-0.15, -0.1) is 0 Å². The van der Waals surface area contributed by atoms with Crippen LogP contribution in [0, 0.1) is 0 Å². The molecule has 200 valence electrons. The number of carbonyl (C=O) groups is 1. The minimum Gasteiger partial charge on any atom is -0.493 e. The number of anilines is 1. The second-order valence-electron chi connectivity index (χ2n) is 8.68. The van der Waals surface area contributed by atoms with Gasteiger partial charge in [0.15, 0.2) is 16.3 Å². The summed E-state index contributed by atoms with van der Waals surface area (Å²) in [5.74, 6) is 0.545. The van der Waals surface area contributed by atoms with Crippen molar-refractivity contribution in [1.29, 1.82) is 0 Å². The van der Waals surface area contributed by atoms with Crippen molar-refractivity contribution in [3.05, 3.63) is 84.5 Å². The Balaban J connectivity index is 1.88. The number of rotatable bonds is 9. The lowest BCUT2D eigenvalue weighted by Crippen LogP contribution is -2.40. The highest BCUT2D eigenvalue weighted by Crippen LogP contribution is 2.36. The number of thiazole rings is 1. The molecule has 0 spiro atoms. The van der Waals surface area contributed by atoms with Crippen molar-refractivity contribution in [2.24, 2.45) is 4.99 Å². The van der Waals surface area contributed by atoms with Crippen molar-refractivity contribution in [2.75, 3.05) is 38.8 Å². The molecular weight excluding hydrogens is 502 g/mol. The third kappa shape index (κ3) is 5.11. The largest absolute Gasteiger partial charge is 0.493 e. The van der Waals surface area contributed by atoms with Gasteiger partial charge in [0.2, 0.25) is 0 Å². The minimum absolute atomic E-state index is 0.210. The van der Waals surface area contributed by atoms with Crippen molar-refractivity contribution in [3.8, 4) is 11.5 Å². The molecule has 1 aromatic heterocycles. The van der Waals surface area contributed by atoms with E-state index in [1.807, 2.05) is 24.3 Å². The number of fused-ring (bicyclic) bond motifs is 1. The Bertz CT molecular complexity index is 1530. The highest BCUT2D eigenvalue weighted by Gasteiger charge is 2.33. The number of ether oxygens (including phenoxy) is 3. The van der Waals surface area contributed by atoms with E-state index in [9.17, 15) is 9.59 Å². The molecule has 2 aromatic carbocycles. The Kier molecular flexibility index (Phi) is 8.36. The smallest absolute Gasteiger partial charge is 0.338 e. The number of aromatic nitrogens is 1. The van der Waals surface area contributed by atoms with Crippen LogP contribution >= 0.6 is 11.3 Å². The van der Waals surface area contributed by atoms with Crippen LogP contribution in [0.4, 0.5) is 5.69 Å². The Morgan fingerprint density at radius 3 is 2.34 bits per heavy atom. The molecule has 0 saturated carbocycles. The van der Waals surface area contributed by atoms with Crippen LogP contribution in [0.5, 0.6) is 11.5 Å². The molecule has 0 unspecified atom stereocenters. The van der Waals surface area contributed by atoms with Crippen LogP contribution in [-0.2, 0) is 9.53 Å². The molecule has 1 aliphatic heterocycles. The zero-order chi connectivity index (χ0) is 27.4. The first-order valence-corrected chi connectivity index (χ1v) is 13.4. The topological polar surface area (TPSA) is 82.4 Å². The second-order valence-corrected chi connectivity index (χ2v) is 9.69. The fraction of sp³-hybridized carbons (Fsp3) is 0.345. The van der Waals surface area contributed by atoms with E-state index in [4.69, 9.17) is 14.2 Å². The van der Waals surface area contributed by atoms with Gasteiger partial charge in [0.25, 0.3) is 5.56 Å². The third-order valence-electron chi connectivity index (χ3n) is 6.56. The first-order valence-electron chi connectivity index (χ1n) is 12.6. The lowest BCUT2D eigenvalue weighted by Gasteiger charge is -2.25. The maximum absolute atomic E-state index is 13.8. The van der Waals surface area contributed by atoms with Crippen molar-refractivity contribution >= 4 is 29.1 Å². The SMILES string of the molecule is CCOC(=O)C1=C(C)N=c2s/c(=C/c3ccc(N(CC)CC)cc3)c(=O)n2[C@@H]1c1ccc(OC)c(OC)c1. The molecule has 0 amide bonds. The molecule has 8 nitrogen and oxygen atoms in total. The van der Waals surface area contributed by atoms with Gasteiger partial charge in [-0.1, -0.05) is 29.5 Å². The average molecular weight is 536 g/mol. The van der Waals surface area contributed by atoms with Crippen LogP contribution in [0.25, 0.3) is 6.08 Å². The number of benzene rings is 2. The molecule has 0 saturated heterocycles. The van der Waals surface area contributed by atoms with E-state index in [0.717, 1.165) is 24.3 Å². The summed E-state index contributed by atoms with van der Waals surface area (Å²) in [6, 6.07) is 12.8. The lowest BCUT2D eigenvalue weighted by atomic mass is 9.95. The molecule has 3 aromatic rings. The third-order valence-corrected chi connectivity index (χ3v) is 7.54. The molecule has 0 N–H and O–H groups in total. The van der Waals surface area contributed by atoms with Gasteiger partial charge in [0.1, 0.15) is 0 Å². The number of nitrogens with zero attached hydrogens (tertiary/aromatic N) is 3. The molecule has 0 radical (unpaired) electrons. The van der Waals surface area contributed by atoms with Crippen molar-refractivity contribution in [3.63, 3.8) is 0 Å². The summed E-state index contributed by atoms with van der Waals surface area (Å²) in [5, 5.41) is 0. The maximum Gasteiger partial charge on any atom is 0.338 e. The average Bonchev–Trinajstić information content (AvgIpc) is 3.23. The molecule has 1 atom stereocenters. The summed E-state index contributed by atoms with van der Waals surface area (Å²) in [5.41, 5.74) is 3.35. The first-order chi connectivity index (χ1) is 18.4. The predicted molar refractivity (Wildman–Crippen MR) is 150 cm³/mol. The molecule has 0 fully saturated rings. The van der Waals surface area contributed by atoms with Crippen LogP contribution in [0.15, 0.2) is 63.5 Å². The Morgan fingerprint density at radius 2 is 1.74 bits per heavy atom. The number of esters is 1. The highest BCUT2D eigenvalue weighted by molar-refractivity contribution is 7.07. The van der Waals surface area contributed by atoms with Gasteiger partial charge in [-0.3, -0.25) is 9.36 Å². The number of hydrogen-bond acceptors (Lipinski definition) is 8. The van der Waals surface area contributed by atoms with Crippen molar-refractivity contribution in [2.45, 2.75) is 33.7 Å². The molecule has 38 heavy (non-hydrogen) atoms. The van der Waals surface area contributed by atoms with Gasteiger partial charge in [-0.2, -0.15) is 0 Å². The van der Waals surface area contributed by atoms with Gasteiger partial charge < -0.3 is 19.1 Å². The van der Waals surface area contributed by atoms with Gasteiger partial charge in [-0.25, -0.2) is 9.79 Å². The van der Waals surface area contributed by atoms with E-state index >= 15 is 0 Å². The zero-order valence-electron chi connectivity index (χ0n) is 22.6. The fourth-order valence-corrected chi connectivity index (χ4v) is 5.70. The summed E-state index contributed by atoms with van der Waals surface area (Å²) in [7, 11) is 3.11. The number of hydrogen-bond donors (Lipinski definition) is 0. The minimum atomic E-state index is -0.725. The summed E-state index contributed by atoms with van der Waals surface area (Å²) >= 11 is 1.30. The molecule has 2 heterocycles. The van der Waals surface area contributed by atoms with Crippen LogP contribution in [0.2, 0.25) is 0 Å². The molecule has 0 bridgehead atoms. The summed E-state index contributed by atoms with van der Waals surface area (Å²) in [6.07, 6.45) is 1.87. The normalized spacial score (nSPS) is 15.1. The van der Waals surface area contributed by atoms with Gasteiger partial charge in [0, 0.05) is 18.8 Å². The molecule has 9 heteroatoms. The Morgan fingerprint density at radius 1 is 1.05 bits per heavy atom. The molecule has 4 rings (SSSR count). The molecular formula is C29H33N3O5S. The molecule has 0 aliphatic carbocycles. The van der Waals surface area contributed by atoms with E-state index in [-0.39, 0.29) is 12.2 Å². The molecule has 1 aliphatic rings. The van der Waals surface area contributed by atoms with Crippen LogP contribution in [0.1, 0.15) is 44.9 Å². The predicted octanol–water partition coefficient (Wildman–Crippen LogP) is 3.66. The quantitative estimate of drug-likeness (QED) is 0.389. The summed E-state index contributed by atoms with van der Waals surface area (Å²) in [4.78, 5) is 34.4. The Hall–Kier alpha value is -3.85.